The molecule has 2 aromatic carbocycles. The summed E-state index contributed by atoms with van der Waals surface area (Å²) in [5.74, 6) is -0.623. The number of anilines is 2. The average Bonchev–Trinajstić information content (AvgIpc) is 3.23. The molecule has 1 N–H and O–H groups in total. The molecule has 2 aromatic rings. The van der Waals surface area contributed by atoms with Crippen LogP contribution in [0.3, 0.4) is 0 Å². The van der Waals surface area contributed by atoms with Gasteiger partial charge in [-0.2, -0.15) is 13.2 Å². The number of unbranched alkanes of at least 4 members (excludes halogenated alkanes) is 12. The van der Waals surface area contributed by atoms with E-state index >= 15 is 0 Å². The maximum absolute atomic E-state index is 13.1. The lowest BCUT2D eigenvalue weighted by Gasteiger charge is -2.13. The molecule has 59 heavy (non-hydrogen) atoms. The molecule has 0 bridgehead atoms. The molecule has 0 fully saturated rings. The molecule has 0 aromatic heterocycles. The number of carbonyl (C=O) groups excluding carboxylic acids is 1. The van der Waals surface area contributed by atoms with Crippen molar-refractivity contribution in [2.75, 3.05) is 118 Å². The Labute approximate surface area is 351 Å². The molecule has 2 rings (SSSR count). The fourth-order valence-electron chi connectivity index (χ4n) is 5.83. The monoisotopic (exact) mass is 844 g/mol. The highest BCUT2D eigenvalue weighted by Crippen LogP contribution is 2.32. The normalized spacial score (nSPS) is 11.7. The Morgan fingerprint density at radius 2 is 0.864 bits per heavy atom. The zero-order chi connectivity index (χ0) is 42.3. The topological polar surface area (TPSA) is 112 Å². The summed E-state index contributed by atoms with van der Waals surface area (Å²) in [6.07, 6.45) is 13.1. The molecule has 14 heteroatoms. The fraction of sp³-hybridized carbons (Fsp3) is 0.711. The number of hydrogen-bond acceptors (Lipinski definition) is 11. The molecule has 0 saturated carbocycles. The number of hydrogen-bond donors (Lipinski definition) is 1. The summed E-state index contributed by atoms with van der Waals surface area (Å²) >= 11 is 0. The zero-order valence-corrected chi connectivity index (χ0v) is 35.5. The molecule has 0 spiro atoms. The van der Waals surface area contributed by atoms with E-state index in [2.05, 4.69) is 12.2 Å². The second-order valence-corrected chi connectivity index (χ2v) is 14.0. The quantitative estimate of drug-likeness (QED) is 0.0510. The van der Waals surface area contributed by atoms with Gasteiger partial charge in [0.15, 0.2) is 0 Å². The Kier molecular flexibility index (Phi) is 32.8. The van der Waals surface area contributed by atoms with E-state index in [0.29, 0.717) is 98.2 Å². The first kappa shape index (κ1) is 52.3. The van der Waals surface area contributed by atoms with Gasteiger partial charge in [0.2, 0.25) is 0 Å². The highest BCUT2D eigenvalue weighted by atomic mass is 19.4. The van der Waals surface area contributed by atoms with Crippen molar-refractivity contribution in [3.63, 3.8) is 0 Å². The van der Waals surface area contributed by atoms with Gasteiger partial charge in [-0.05, 0) is 36.8 Å². The van der Waals surface area contributed by atoms with Gasteiger partial charge in [-0.1, -0.05) is 102 Å². The predicted molar refractivity (Wildman–Crippen MR) is 224 cm³/mol. The van der Waals surface area contributed by atoms with E-state index in [9.17, 15) is 18.0 Å². The number of alkyl halides is 3. The second kappa shape index (κ2) is 37.0. The molecule has 0 unspecified atom stereocenters. The van der Waals surface area contributed by atoms with Crippen LogP contribution in [0.1, 0.15) is 106 Å². The smallest absolute Gasteiger partial charge is 0.416 e. The van der Waals surface area contributed by atoms with Crippen molar-refractivity contribution in [2.45, 2.75) is 96.6 Å². The van der Waals surface area contributed by atoms with Crippen LogP contribution in [0.15, 0.2) is 48.5 Å². The van der Waals surface area contributed by atoms with Crippen LogP contribution in [0.4, 0.5) is 24.5 Å². The number of benzene rings is 2. The Morgan fingerprint density at radius 3 is 1.31 bits per heavy atom. The van der Waals surface area contributed by atoms with Gasteiger partial charge >= 0.3 is 12.1 Å². The minimum Gasteiger partial charge on any atom is -0.460 e. The fourth-order valence-corrected chi connectivity index (χ4v) is 5.83. The van der Waals surface area contributed by atoms with Crippen molar-refractivity contribution in [1.29, 1.82) is 0 Å². The number of rotatable bonds is 41. The van der Waals surface area contributed by atoms with Crippen LogP contribution >= 0.6 is 0 Å². The van der Waals surface area contributed by atoms with Gasteiger partial charge < -0.3 is 47.9 Å². The third-order valence-electron chi connectivity index (χ3n) is 9.07. The van der Waals surface area contributed by atoms with Crippen molar-refractivity contribution in [3.8, 4) is 0 Å². The number of carbonyl (C=O) groups is 1. The summed E-state index contributed by atoms with van der Waals surface area (Å²) in [7, 11) is 0. The zero-order valence-electron chi connectivity index (χ0n) is 35.5. The molecule has 0 aliphatic heterocycles. The van der Waals surface area contributed by atoms with E-state index in [4.69, 9.17) is 42.6 Å². The molecule has 0 heterocycles. The van der Waals surface area contributed by atoms with E-state index in [1.807, 2.05) is 0 Å². The predicted octanol–water partition coefficient (Wildman–Crippen LogP) is 9.83. The maximum Gasteiger partial charge on any atom is 0.416 e. The number of nitrogens with one attached hydrogen (secondary N) is 1. The van der Waals surface area contributed by atoms with Crippen molar-refractivity contribution < 1.29 is 60.6 Å². The number of para-hydroxylation sites is 1. The Morgan fingerprint density at radius 1 is 0.475 bits per heavy atom. The van der Waals surface area contributed by atoms with E-state index in [1.54, 1.807) is 18.2 Å². The van der Waals surface area contributed by atoms with Crippen LogP contribution in [0.25, 0.3) is 0 Å². The first-order valence-corrected chi connectivity index (χ1v) is 21.7. The first-order chi connectivity index (χ1) is 28.9. The van der Waals surface area contributed by atoms with Gasteiger partial charge in [-0.15, -0.1) is 0 Å². The van der Waals surface area contributed by atoms with E-state index in [0.717, 1.165) is 25.2 Å². The minimum absolute atomic E-state index is 0.00422. The third-order valence-corrected chi connectivity index (χ3v) is 9.07. The second-order valence-electron chi connectivity index (χ2n) is 14.0. The SMILES string of the molecule is CCCCCCCCCCCCCCCOCCOCCOCCOCCOCCOCCOCCOCCOC(=O)c1ccccc1Nc1cccc(C(F)(F)F)c1. The molecule has 0 amide bonds. The Balaban J connectivity index is 1.25. The van der Waals surface area contributed by atoms with Gasteiger partial charge in [-0.25, -0.2) is 4.79 Å². The Hall–Kier alpha value is -2.82. The van der Waals surface area contributed by atoms with E-state index in [1.165, 1.54) is 95.2 Å². The lowest BCUT2D eigenvalue weighted by atomic mass is 10.0. The molecule has 338 valence electrons. The van der Waals surface area contributed by atoms with Crippen LogP contribution in [0.2, 0.25) is 0 Å². The molecule has 0 aliphatic rings. The lowest BCUT2D eigenvalue weighted by molar-refractivity contribution is -0.137. The number of ether oxygens (including phenoxy) is 9. The third kappa shape index (κ3) is 30.0. The minimum atomic E-state index is -4.47. The maximum atomic E-state index is 13.1. The molecule has 0 saturated heterocycles. The largest absolute Gasteiger partial charge is 0.460 e. The molecular weight excluding hydrogens is 771 g/mol. The summed E-state index contributed by atoms with van der Waals surface area (Å²) < 4.78 is 88.7. The molecular formula is C45H72F3NO10. The summed E-state index contributed by atoms with van der Waals surface area (Å²) in [5, 5.41) is 2.87. The summed E-state index contributed by atoms with van der Waals surface area (Å²) in [5.41, 5.74) is -0.0715. The van der Waals surface area contributed by atoms with Crippen LogP contribution < -0.4 is 5.32 Å². The van der Waals surface area contributed by atoms with Gasteiger partial charge in [0.1, 0.15) is 6.61 Å². The number of halogens is 3. The van der Waals surface area contributed by atoms with Crippen molar-refractivity contribution >= 4 is 17.3 Å². The summed E-state index contributed by atoms with van der Waals surface area (Å²) in [6, 6.07) is 11.2. The van der Waals surface area contributed by atoms with Gasteiger partial charge in [0, 0.05) is 12.3 Å². The number of esters is 1. The standard InChI is InChI=1S/C45H72F3NO10/c1-2-3-4-5-6-7-8-9-10-11-12-13-16-22-51-23-24-52-25-26-53-27-28-54-29-30-55-31-32-56-33-34-57-35-36-58-37-38-59-44(50)42-20-14-15-21-43(42)49-41-19-17-18-40(39-41)45(46,47)48/h14-15,17-21,39,49H,2-13,16,22-38H2,1H3. The van der Waals surface area contributed by atoms with Crippen molar-refractivity contribution in [2.24, 2.45) is 0 Å². The lowest BCUT2D eigenvalue weighted by Crippen LogP contribution is -2.16. The average molecular weight is 844 g/mol. The van der Waals surface area contributed by atoms with Crippen molar-refractivity contribution in [3.05, 3.63) is 59.7 Å². The summed E-state index contributed by atoms with van der Waals surface area (Å²) in [4.78, 5) is 12.6. The highest BCUT2D eigenvalue weighted by Gasteiger charge is 2.30. The van der Waals surface area contributed by atoms with Crippen molar-refractivity contribution in [1.82, 2.24) is 0 Å². The molecule has 0 atom stereocenters. The van der Waals surface area contributed by atoms with Crippen LogP contribution in [-0.4, -0.2) is 118 Å². The van der Waals surface area contributed by atoms with Gasteiger partial charge in [-0.3, -0.25) is 0 Å². The van der Waals surface area contributed by atoms with E-state index in [-0.39, 0.29) is 24.5 Å². The molecule has 0 radical (unpaired) electrons. The first-order valence-electron chi connectivity index (χ1n) is 21.7. The van der Waals surface area contributed by atoms with Crippen LogP contribution in [-0.2, 0) is 48.8 Å². The van der Waals surface area contributed by atoms with Crippen LogP contribution in [0.5, 0.6) is 0 Å². The summed E-state index contributed by atoms with van der Waals surface area (Å²) in [6.45, 7) is 9.84. The molecule has 11 nitrogen and oxygen atoms in total. The molecule has 0 aliphatic carbocycles. The van der Waals surface area contributed by atoms with Gasteiger partial charge in [0.25, 0.3) is 0 Å². The Bertz CT molecular complexity index is 1270. The van der Waals surface area contributed by atoms with Gasteiger partial charge in [0.05, 0.1) is 116 Å². The van der Waals surface area contributed by atoms with Crippen LogP contribution in [0, 0.1) is 0 Å². The van der Waals surface area contributed by atoms with E-state index < -0.39 is 17.7 Å². The highest BCUT2D eigenvalue weighted by molar-refractivity contribution is 5.96.